The van der Waals surface area contributed by atoms with E-state index >= 15 is 0 Å². The van der Waals surface area contributed by atoms with E-state index in [-0.39, 0.29) is 5.97 Å². The Kier molecular flexibility index (Phi) is 4.35. The Morgan fingerprint density at radius 1 is 1.31 bits per heavy atom. The van der Waals surface area contributed by atoms with Gasteiger partial charge in [-0.3, -0.25) is 0 Å². The maximum Gasteiger partial charge on any atom is 0.337 e. The monoisotopic (exact) mass is 221 g/mol. The fraction of sp³-hybridized carbons (Fsp3) is 0.462. The molecule has 0 unspecified atom stereocenters. The van der Waals surface area contributed by atoms with Crippen molar-refractivity contribution in [2.24, 2.45) is 0 Å². The average Bonchev–Trinajstić information content (AvgIpc) is 2.32. The molecule has 1 rings (SSSR count). The van der Waals surface area contributed by atoms with Crippen LogP contribution in [0, 0.1) is 6.92 Å². The average molecular weight is 221 g/mol. The minimum absolute atomic E-state index is 0.284. The third-order valence-corrected chi connectivity index (χ3v) is 2.73. The normalized spacial score (nSPS) is 10.0. The van der Waals surface area contributed by atoms with Crippen molar-refractivity contribution in [1.82, 2.24) is 0 Å². The van der Waals surface area contributed by atoms with Crippen LogP contribution < -0.4 is 4.90 Å². The summed E-state index contributed by atoms with van der Waals surface area (Å²) in [4.78, 5) is 13.7. The summed E-state index contributed by atoms with van der Waals surface area (Å²) in [5.41, 5.74) is 2.89. The summed E-state index contributed by atoms with van der Waals surface area (Å²) in [7, 11) is 1.40. The zero-order valence-corrected chi connectivity index (χ0v) is 10.4. The first-order valence-corrected chi connectivity index (χ1v) is 5.57. The van der Waals surface area contributed by atoms with Gasteiger partial charge in [-0.2, -0.15) is 0 Å². The SMILES string of the molecule is CCN(CC)c1cc(C(=O)OC)ccc1C. The van der Waals surface area contributed by atoms with Crippen molar-refractivity contribution >= 4 is 11.7 Å². The Morgan fingerprint density at radius 2 is 1.94 bits per heavy atom. The Labute approximate surface area is 97.0 Å². The highest BCUT2D eigenvalue weighted by atomic mass is 16.5. The van der Waals surface area contributed by atoms with Crippen LogP contribution in [-0.4, -0.2) is 26.2 Å². The fourth-order valence-corrected chi connectivity index (χ4v) is 1.76. The summed E-state index contributed by atoms with van der Waals surface area (Å²) in [5, 5.41) is 0. The van der Waals surface area contributed by atoms with Gasteiger partial charge in [-0.05, 0) is 38.5 Å². The van der Waals surface area contributed by atoms with Gasteiger partial charge in [0.05, 0.1) is 12.7 Å². The molecule has 3 nitrogen and oxygen atoms in total. The molecule has 0 fully saturated rings. The minimum atomic E-state index is -0.284. The third kappa shape index (κ3) is 2.54. The molecule has 1 aromatic rings. The van der Waals surface area contributed by atoms with Gasteiger partial charge < -0.3 is 9.64 Å². The van der Waals surface area contributed by atoms with Crippen molar-refractivity contribution in [3.05, 3.63) is 29.3 Å². The van der Waals surface area contributed by atoms with E-state index in [1.807, 2.05) is 12.1 Å². The van der Waals surface area contributed by atoms with Gasteiger partial charge in [-0.15, -0.1) is 0 Å². The molecule has 0 N–H and O–H groups in total. The number of carbonyl (C=O) groups excluding carboxylic acids is 1. The molecule has 0 bridgehead atoms. The molecule has 0 heterocycles. The number of rotatable bonds is 4. The molecule has 88 valence electrons. The standard InChI is InChI=1S/C13H19NO2/c1-5-14(6-2)12-9-11(13(15)16-4)8-7-10(12)3/h7-9H,5-6H2,1-4H3. The highest BCUT2D eigenvalue weighted by Gasteiger charge is 2.10. The first kappa shape index (κ1) is 12.6. The van der Waals surface area contributed by atoms with E-state index < -0.39 is 0 Å². The van der Waals surface area contributed by atoms with Crippen molar-refractivity contribution in [3.63, 3.8) is 0 Å². The summed E-state index contributed by atoms with van der Waals surface area (Å²) >= 11 is 0. The topological polar surface area (TPSA) is 29.5 Å². The number of esters is 1. The van der Waals surface area contributed by atoms with Crippen molar-refractivity contribution in [1.29, 1.82) is 0 Å². The molecule has 0 spiro atoms. The molecule has 0 aromatic heterocycles. The highest BCUT2D eigenvalue weighted by Crippen LogP contribution is 2.21. The quantitative estimate of drug-likeness (QED) is 0.732. The second-order valence-electron chi connectivity index (χ2n) is 3.67. The second kappa shape index (κ2) is 5.54. The summed E-state index contributed by atoms with van der Waals surface area (Å²) in [6.45, 7) is 8.13. The van der Waals surface area contributed by atoms with Gasteiger partial charge in [0, 0.05) is 18.8 Å². The highest BCUT2D eigenvalue weighted by molar-refractivity contribution is 5.90. The Bertz CT molecular complexity index is 370. The van der Waals surface area contributed by atoms with E-state index in [1.54, 1.807) is 6.07 Å². The van der Waals surface area contributed by atoms with E-state index in [0.29, 0.717) is 5.56 Å². The van der Waals surface area contributed by atoms with Crippen LogP contribution in [0.3, 0.4) is 0 Å². The van der Waals surface area contributed by atoms with Gasteiger partial charge in [0.2, 0.25) is 0 Å². The van der Waals surface area contributed by atoms with Gasteiger partial charge in [-0.1, -0.05) is 6.07 Å². The van der Waals surface area contributed by atoms with Crippen LogP contribution in [0.5, 0.6) is 0 Å². The molecule has 0 saturated heterocycles. The van der Waals surface area contributed by atoms with Crippen molar-refractivity contribution < 1.29 is 9.53 Å². The molecular weight excluding hydrogens is 202 g/mol. The number of methoxy groups -OCH3 is 1. The first-order valence-electron chi connectivity index (χ1n) is 5.57. The predicted molar refractivity (Wildman–Crippen MR) is 66.1 cm³/mol. The van der Waals surface area contributed by atoms with Crippen molar-refractivity contribution in [2.45, 2.75) is 20.8 Å². The summed E-state index contributed by atoms with van der Waals surface area (Å²) in [6, 6.07) is 5.66. The van der Waals surface area contributed by atoms with Crippen LogP contribution in [-0.2, 0) is 4.74 Å². The Balaban J connectivity index is 3.12. The number of benzene rings is 1. The minimum Gasteiger partial charge on any atom is -0.465 e. The number of nitrogens with zero attached hydrogens (tertiary/aromatic N) is 1. The molecule has 16 heavy (non-hydrogen) atoms. The van der Waals surface area contributed by atoms with Crippen LogP contribution in [0.15, 0.2) is 18.2 Å². The largest absolute Gasteiger partial charge is 0.465 e. The van der Waals surface area contributed by atoms with Gasteiger partial charge in [0.25, 0.3) is 0 Å². The van der Waals surface area contributed by atoms with E-state index in [1.165, 1.54) is 12.7 Å². The van der Waals surface area contributed by atoms with Crippen LogP contribution in [0.4, 0.5) is 5.69 Å². The molecule has 0 aliphatic rings. The molecule has 3 heteroatoms. The molecule has 0 saturated carbocycles. The van der Waals surface area contributed by atoms with Crippen LogP contribution >= 0.6 is 0 Å². The van der Waals surface area contributed by atoms with Gasteiger partial charge in [0.1, 0.15) is 0 Å². The predicted octanol–water partition coefficient (Wildman–Crippen LogP) is 2.63. The number of carbonyl (C=O) groups is 1. The fourth-order valence-electron chi connectivity index (χ4n) is 1.76. The number of aryl methyl sites for hydroxylation is 1. The second-order valence-corrected chi connectivity index (χ2v) is 3.67. The molecule has 0 aliphatic heterocycles. The number of ether oxygens (including phenoxy) is 1. The Morgan fingerprint density at radius 3 is 2.44 bits per heavy atom. The Hall–Kier alpha value is -1.51. The van der Waals surface area contributed by atoms with Gasteiger partial charge in [0.15, 0.2) is 0 Å². The molecule has 0 aliphatic carbocycles. The lowest BCUT2D eigenvalue weighted by molar-refractivity contribution is 0.0601. The first-order chi connectivity index (χ1) is 7.63. The number of hydrogen-bond donors (Lipinski definition) is 0. The summed E-state index contributed by atoms with van der Waals surface area (Å²) in [6.07, 6.45) is 0. The molecule has 0 radical (unpaired) electrons. The summed E-state index contributed by atoms with van der Waals surface area (Å²) in [5.74, 6) is -0.284. The van der Waals surface area contributed by atoms with Crippen LogP contribution in [0.2, 0.25) is 0 Å². The van der Waals surface area contributed by atoms with Gasteiger partial charge >= 0.3 is 5.97 Å². The number of anilines is 1. The molecule has 1 aromatic carbocycles. The van der Waals surface area contributed by atoms with E-state index in [2.05, 4.69) is 25.7 Å². The van der Waals surface area contributed by atoms with E-state index in [0.717, 1.165) is 18.8 Å². The van der Waals surface area contributed by atoms with Crippen molar-refractivity contribution in [2.75, 3.05) is 25.1 Å². The lowest BCUT2D eigenvalue weighted by Crippen LogP contribution is -2.23. The van der Waals surface area contributed by atoms with E-state index in [9.17, 15) is 4.79 Å². The zero-order chi connectivity index (χ0) is 12.1. The lowest BCUT2D eigenvalue weighted by Gasteiger charge is -2.23. The molecule has 0 atom stereocenters. The van der Waals surface area contributed by atoms with Crippen LogP contribution in [0.25, 0.3) is 0 Å². The van der Waals surface area contributed by atoms with E-state index in [4.69, 9.17) is 4.74 Å². The molecular formula is C13H19NO2. The zero-order valence-electron chi connectivity index (χ0n) is 10.4. The molecule has 0 amide bonds. The van der Waals surface area contributed by atoms with Gasteiger partial charge in [-0.25, -0.2) is 4.79 Å². The summed E-state index contributed by atoms with van der Waals surface area (Å²) < 4.78 is 4.72. The van der Waals surface area contributed by atoms with Crippen molar-refractivity contribution in [3.8, 4) is 0 Å². The number of hydrogen-bond acceptors (Lipinski definition) is 3. The lowest BCUT2D eigenvalue weighted by atomic mass is 10.1. The van der Waals surface area contributed by atoms with Crippen LogP contribution in [0.1, 0.15) is 29.8 Å². The maximum absolute atomic E-state index is 11.4. The third-order valence-electron chi connectivity index (χ3n) is 2.73. The smallest absolute Gasteiger partial charge is 0.337 e. The maximum atomic E-state index is 11.4.